The van der Waals surface area contributed by atoms with Crippen LogP contribution in [0.15, 0.2) is 60.7 Å². The van der Waals surface area contributed by atoms with E-state index in [-0.39, 0.29) is 0 Å². The molecule has 2 nitrogen and oxygen atoms in total. The summed E-state index contributed by atoms with van der Waals surface area (Å²) in [6.07, 6.45) is 6.46. The molecule has 2 aromatic carbocycles. The molecule has 0 aliphatic rings. The second-order valence-electron chi connectivity index (χ2n) is 6.13. The molecule has 0 unspecified atom stereocenters. The van der Waals surface area contributed by atoms with Gasteiger partial charge in [-0.05, 0) is 30.7 Å². The van der Waals surface area contributed by atoms with Crippen LogP contribution < -0.4 is 9.47 Å². The van der Waals surface area contributed by atoms with E-state index in [0.29, 0.717) is 0 Å². The minimum absolute atomic E-state index is 1.21. The number of anilines is 1. The maximum atomic E-state index is 2.27. The Morgan fingerprint density at radius 3 is 2.42 bits per heavy atom. The van der Waals surface area contributed by atoms with Crippen molar-refractivity contribution in [1.29, 1.82) is 0 Å². The van der Waals surface area contributed by atoms with Crippen molar-refractivity contribution in [2.45, 2.75) is 6.92 Å². The monoisotopic (exact) mass is 335 g/mol. The maximum absolute atomic E-state index is 2.27. The molecule has 0 bridgehead atoms. The van der Waals surface area contributed by atoms with Crippen LogP contribution in [0.3, 0.4) is 0 Å². The Balaban J connectivity index is 1.81. The molecule has 3 heteroatoms. The third kappa shape index (κ3) is 3.41. The van der Waals surface area contributed by atoms with Crippen LogP contribution in [0.5, 0.6) is 0 Å². The zero-order chi connectivity index (χ0) is 17.1. The molecule has 24 heavy (non-hydrogen) atoms. The molecule has 0 aliphatic carbocycles. The molecule has 0 radical (unpaired) electrons. The Kier molecular flexibility index (Phi) is 4.81. The lowest BCUT2D eigenvalue weighted by atomic mass is 10.1. The van der Waals surface area contributed by atoms with Crippen molar-refractivity contribution in [3.63, 3.8) is 0 Å². The number of allylic oxidation sites excluding steroid dienone is 3. The van der Waals surface area contributed by atoms with Gasteiger partial charge in [-0.3, -0.25) is 0 Å². The van der Waals surface area contributed by atoms with E-state index in [0.717, 1.165) is 0 Å². The lowest BCUT2D eigenvalue weighted by Gasteiger charge is -2.11. The van der Waals surface area contributed by atoms with Gasteiger partial charge in [0.1, 0.15) is 11.7 Å². The molecule has 0 amide bonds. The number of thiazole rings is 1. The van der Waals surface area contributed by atoms with Crippen molar-refractivity contribution >= 4 is 38.9 Å². The third-order valence-corrected chi connectivity index (χ3v) is 5.47. The Bertz CT molecular complexity index is 899. The molecule has 0 atom stereocenters. The fourth-order valence-electron chi connectivity index (χ4n) is 2.71. The Hall–Kier alpha value is -2.39. The number of benzene rings is 2. The highest BCUT2D eigenvalue weighted by Crippen LogP contribution is 2.24. The Labute approximate surface area is 148 Å². The van der Waals surface area contributed by atoms with Gasteiger partial charge in [-0.15, -0.1) is 0 Å². The number of hydrogen-bond donors (Lipinski definition) is 0. The van der Waals surface area contributed by atoms with Crippen LogP contribution in [0.25, 0.3) is 21.9 Å². The minimum Gasteiger partial charge on any atom is -0.378 e. The third-order valence-electron chi connectivity index (χ3n) is 4.12. The van der Waals surface area contributed by atoms with E-state index >= 15 is 0 Å². The van der Waals surface area contributed by atoms with Crippen molar-refractivity contribution in [3.8, 4) is 0 Å². The van der Waals surface area contributed by atoms with Crippen LogP contribution in [0.4, 0.5) is 5.69 Å². The Morgan fingerprint density at radius 2 is 1.75 bits per heavy atom. The average molecular weight is 335 g/mol. The fourth-order valence-corrected chi connectivity index (χ4v) is 3.83. The van der Waals surface area contributed by atoms with Gasteiger partial charge in [-0.1, -0.05) is 53.8 Å². The molecule has 122 valence electrons. The van der Waals surface area contributed by atoms with Crippen molar-refractivity contribution in [1.82, 2.24) is 0 Å². The van der Waals surface area contributed by atoms with Gasteiger partial charge >= 0.3 is 0 Å². The SMILES string of the molecule is C/C(=C\C=C\c1ccc(N(C)C)cc1)c1sc2ccccc2[n+]1C. The van der Waals surface area contributed by atoms with E-state index in [9.17, 15) is 0 Å². The topological polar surface area (TPSA) is 7.12 Å². The van der Waals surface area contributed by atoms with Crippen LogP contribution in [0.1, 0.15) is 17.5 Å². The summed E-state index contributed by atoms with van der Waals surface area (Å²) in [5.74, 6) is 0. The molecule has 0 saturated carbocycles. The number of aryl methyl sites for hydroxylation is 1. The first kappa shape index (κ1) is 16.5. The normalized spacial score (nSPS) is 12.2. The van der Waals surface area contributed by atoms with Crippen molar-refractivity contribution < 1.29 is 4.57 Å². The van der Waals surface area contributed by atoms with E-state index in [1.807, 2.05) is 11.3 Å². The summed E-state index contributed by atoms with van der Waals surface area (Å²) in [4.78, 5) is 2.11. The standard InChI is InChI=1S/C21H23N2S/c1-16(21-23(4)19-10-5-6-11-20(19)24-21)8-7-9-17-12-14-18(15-13-17)22(2)3/h5-15H,1-4H3/q+1. The number of nitrogens with zero attached hydrogens (tertiary/aromatic N) is 2. The average Bonchev–Trinajstić information content (AvgIpc) is 2.93. The maximum Gasteiger partial charge on any atom is 0.265 e. The lowest BCUT2D eigenvalue weighted by Crippen LogP contribution is -2.29. The van der Waals surface area contributed by atoms with E-state index in [4.69, 9.17) is 0 Å². The summed E-state index contributed by atoms with van der Waals surface area (Å²) in [5.41, 5.74) is 5.00. The Morgan fingerprint density at radius 1 is 1.04 bits per heavy atom. The molecule has 0 saturated heterocycles. The van der Waals surface area contributed by atoms with Gasteiger partial charge in [0, 0.05) is 31.4 Å². The molecule has 0 spiro atoms. The molecule has 0 aliphatic heterocycles. The van der Waals surface area contributed by atoms with Gasteiger partial charge in [0.2, 0.25) is 5.52 Å². The molecular formula is C21H23N2S+. The highest BCUT2D eigenvalue weighted by Gasteiger charge is 2.16. The van der Waals surface area contributed by atoms with Gasteiger partial charge in [0.15, 0.2) is 0 Å². The summed E-state index contributed by atoms with van der Waals surface area (Å²) in [6, 6.07) is 17.1. The molecule has 1 aromatic heterocycles. The van der Waals surface area contributed by atoms with E-state index < -0.39 is 0 Å². The summed E-state index contributed by atoms with van der Waals surface area (Å²) in [5, 5.41) is 1.30. The van der Waals surface area contributed by atoms with Gasteiger partial charge < -0.3 is 4.90 Å². The van der Waals surface area contributed by atoms with Gasteiger partial charge in [0.25, 0.3) is 5.01 Å². The quantitative estimate of drug-likeness (QED) is 0.485. The molecule has 1 heterocycles. The van der Waals surface area contributed by atoms with Crippen molar-refractivity contribution in [2.24, 2.45) is 7.05 Å². The number of hydrogen-bond acceptors (Lipinski definition) is 2. The molecule has 0 N–H and O–H groups in total. The first-order valence-electron chi connectivity index (χ1n) is 8.06. The largest absolute Gasteiger partial charge is 0.378 e. The minimum atomic E-state index is 1.21. The summed E-state index contributed by atoms with van der Waals surface area (Å²) >= 11 is 1.84. The molecule has 0 fully saturated rings. The number of para-hydroxylation sites is 1. The highest BCUT2D eigenvalue weighted by atomic mass is 32.1. The second kappa shape index (κ2) is 7.02. The second-order valence-corrected chi connectivity index (χ2v) is 7.16. The fraction of sp³-hybridized carbons (Fsp3) is 0.190. The first-order valence-corrected chi connectivity index (χ1v) is 8.88. The van der Waals surface area contributed by atoms with Gasteiger partial charge in [-0.25, -0.2) is 0 Å². The van der Waals surface area contributed by atoms with Gasteiger partial charge in [-0.2, -0.15) is 4.57 Å². The molecular weight excluding hydrogens is 312 g/mol. The number of rotatable bonds is 4. The zero-order valence-corrected chi connectivity index (χ0v) is 15.5. The van der Waals surface area contributed by atoms with Crippen LogP contribution >= 0.6 is 11.3 Å². The van der Waals surface area contributed by atoms with Crippen LogP contribution in [-0.4, -0.2) is 14.1 Å². The zero-order valence-electron chi connectivity index (χ0n) is 14.7. The van der Waals surface area contributed by atoms with Crippen molar-refractivity contribution in [3.05, 3.63) is 71.3 Å². The first-order chi connectivity index (χ1) is 11.6. The summed E-state index contributed by atoms with van der Waals surface area (Å²) in [6.45, 7) is 2.17. The highest BCUT2D eigenvalue weighted by molar-refractivity contribution is 7.19. The number of fused-ring (bicyclic) bond motifs is 1. The van der Waals surface area contributed by atoms with Gasteiger partial charge in [0.05, 0.1) is 0 Å². The summed E-state index contributed by atoms with van der Waals surface area (Å²) in [7, 11) is 6.25. The number of aromatic nitrogens is 1. The molecule has 3 rings (SSSR count). The lowest BCUT2D eigenvalue weighted by molar-refractivity contribution is -0.642. The van der Waals surface area contributed by atoms with E-state index in [1.54, 1.807) is 0 Å². The summed E-state index contributed by atoms with van der Waals surface area (Å²) < 4.78 is 3.59. The molecule has 3 aromatic rings. The van der Waals surface area contributed by atoms with Crippen LogP contribution in [-0.2, 0) is 7.05 Å². The predicted molar refractivity (Wildman–Crippen MR) is 106 cm³/mol. The van der Waals surface area contributed by atoms with E-state index in [1.165, 1.54) is 32.0 Å². The predicted octanol–water partition coefficient (Wildman–Crippen LogP) is 4.91. The van der Waals surface area contributed by atoms with Crippen molar-refractivity contribution in [2.75, 3.05) is 19.0 Å². The van der Waals surface area contributed by atoms with Crippen LogP contribution in [0, 0.1) is 0 Å². The van der Waals surface area contributed by atoms with E-state index in [2.05, 4.69) is 104 Å². The van der Waals surface area contributed by atoms with Crippen LogP contribution in [0.2, 0.25) is 0 Å². The smallest absolute Gasteiger partial charge is 0.265 e.